The maximum Gasteiger partial charge on any atom is 0.0991 e. The smallest absolute Gasteiger partial charge is 0.0991 e. The minimum absolute atomic E-state index is 0.0620. The van der Waals surface area contributed by atoms with Crippen molar-refractivity contribution in [2.75, 3.05) is 0 Å². The second kappa shape index (κ2) is 4.78. The molecule has 1 unspecified atom stereocenters. The number of aryl methyl sites for hydroxylation is 1. The normalized spacial score (nSPS) is 12.1. The minimum atomic E-state index is 0.0620. The highest BCUT2D eigenvalue weighted by Gasteiger charge is 2.06. The molecule has 0 bridgehead atoms. The number of benzene rings is 1. The van der Waals surface area contributed by atoms with Gasteiger partial charge in [0.2, 0.25) is 0 Å². The summed E-state index contributed by atoms with van der Waals surface area (Å²) in [6.45, 7) is 4.10. The SMILES string of the molecule is CCCC(N)c1cc(C)cc(C#N)c1. The molecule has 1 aromatic rings. The van der Waals surface area contributed by atoms with Crippen molar-refractivity contribution < 1.29 is 0 Å². The Balaban J connectivity index is 2.98. The fourth-order valence-corrected chi connectivity index (χ4v) is 1.57. The van der Waals surface area contributed by atoms with E-state index in [-0.39, 0.29) is 6.04 Å². The van der Waals surface area contributed by atoms with Crippen molar-refractivity contribution >= 4 is 0 Å². The summed E-state index contributed by atoms with van der Waals surface area (Å²) >= 11 is 0. The van der Waals surface area contributed by atoms with Crippen LogP contribution in [-0.2, 0) is 0 Å². The molecule has 2 heteroatoms. The molecule has 0 amide bonds. The molecule has 0 aromatic heterocycles. The lowest BCUT2D eigenvalue weighted by Crippen LogP contribution is -2.10. The van der Waals surface area contributed by atoms with Gasteiger partial charge >= 0.3 is 0 Å². The molecule has 0 saturated carbocycles. The van der Waals surface area contributed by atoms with Crippen LogP contribution in [0.2, 0.25) is 0 Å². The Bertz CT molecular complexity index is 350. The Morgan fingerprint density at radius 1 is 1.43 bits per heavy atom. The van der Waals surface area contributed by atoms with E-state index in [0.717, 1.165) is 24.0 Å². The van der Waals surface area contributed by atoms with Gasteiger partial charge in [-0.1, -0.05) is 19.4 Å². The van der Waals surface area contributed by atoms with Crippen LogP contribution in [0.5, 0.6) is 0 Å². The zero-order valence-electron chi connectivity index (χ0n) is 8.75. The Morgan fingerprint density at radius 2 is 2.14 bits per heavy atom. The molecule has 1 atom stereocenters. The number of nitrogens with zero attached hydrogens (tertiary/aromatic N) is 1. The summed E-state index contributed by atoms with van der Waals surface area (Å²) in [5.74, 6) is 0. The molecule has 1 aromatic carbocycles. The lowest BCUT2D eigenvalue weighted by atomic mass is 9.99. The number of rotatable bonds is 3. The van der Waals surface area contributed by atoms with E-state index in [4.69, 9.17) is 11.0 Å². The lowest BCUT2D eigenvalue weighted by molar-refractivity contribution is 0.638. The first-order valence-corrected chi connectivity index (χ1v) is 4.94. The molecule has 1 rings (SSSR count). The van der Waals surface area contributed by atoms with Gasteiger partial charge in [0.25, 0.3) is 0 Å². The second-order valence-electron chi connectivity index (χ2n) is 3.64. The van der Waals surface area contributed by atoms with Crippen molar-refractivity contribution in [2.24, 2.45) is 5.73 Å². The van der Waals surface area contributed by atoms with Crippen molar-refractivity contribution in [3.8, 4) is 6.07 Å². The maximum absolute atomic E-state index is 8.81. The Morgan fingerprint density at radius 3 is 2.71 bits per heavy atom. The highest BCUT2D eigenvalue weighted by atomic mass is 14.6. The molecule has 0 aliphatic rings. The summed E-state index contributed by atoms with van der Waals surface area (Å²) in [5, 5.41) is 8.81. The van der Waals surface area contributed by atoms with Crippen LogP contribution in [0.25, 0.3) is 0 Å². The average Bonchev–Trinajstić information content (AvgIpc) is 2.17. The van der Waals surface area contributed by atoms with Gasteiger partial charge in [-0.05, 0) is 36.6 Å². The fourth-order valence-electron chi connectivity index (χ4n) is 1.57. The van der Waals surface area contributed by atoms with Gasteiger partial charge in [0, 0.05) is 6.04 Å². The molecule has 0 saturated heterocycles. The molecule has 0 aliphatic heterocycles. The molecule has 0 radical (unpaired) electrons. The molecule has 0 fully saturated rings. The number of hydrogen-bond acceptors (Lipinski definition) is 2. The van der Waals surface area contributed by atoms with Gasteiger partial charge in [-0.25, -0.2) is 0 Å². The van der Waals surface area contributed by atoms with E-state index in [2.05, 4.69) is 19.1 Å². The molecule has 0 spiro atoms. The van der Waals surface area contributed by atoms with Crippen LogP contribution >= 0.6 is 0 Å². The third kappa shape index (κ3) is 2.58. The molecule has 14 heavy (non-hydrogen) atoms. The van der Waals surface area contributed by atoms with E-state index in [9.17, 15) is 0 Å². The van der Waals surface area contributed by atoms with E-state index >= 15 is 0 Å². The highest BCUT2D eigenvalue weighted by molar-refractivity contribution is 5.38. The van der Waals surface area contributed by atoms with E-state index in [0.29, 0.717) is 5.56 Å². The maximum atomic E-state index is 8.81. The standard InChI is InChI=1S/C12H16N2/c1-3-4-12(14)11-6-9(2)5-10(7-11)8-13/h5-7,12H,3-4,14H2,1-2H3. The van der Waals surface area contributed by atoms with Crippen LogP contribution in [-0.4, -0.2) is 0 Å². The van der Waals surface area contributed by atoms with E-state index in [1.807, 2.05) is 19.1 Å². The zero-order valence-corrected chi connectivity index (χ0v) is 8.75. The highest BCUT2D eigenvalue weighted by Crippen LogP contribution is 2.18. The average molecular weight is 188 g/mol. The fraction of sp³-hybridized carbons (Fsp3) is 0.417. The van der Waals surface area contributed by atoms with Crippen LogP contribution in [0.1, 0.15) is 42.5 Å². The van der Waals surface area contributed by atoms with Gasteiger partial charge in [-0.3, -0.25) is 0 Å². The van der Waals surface area contributed by atoms with E-state index in [1.165, 1.54) is 0 Å². The monoisotopic (exact) mass is 188 g/mol. The molecule has 2 nitrogen and oxygen atoms in total. The first kappa shape index (κ1) is 10.7. The summed E-state index contributed by atoms with van der Waals surface area (Å²) in [5.41, 5.74) is 8.86. The topological polar surface area (TPSA) is 49.8 Å². The predicted molar refractivity (Wildman–Crippen MR) is 57.7 cm³/mol. The third-order valence-corrected chi connectivity index (χ3v) is 2.26. The first-order chi connectivity index (χ1) is 6.67. The predicted octanol–water partition coefficient (Wildman–Crippen LogP) is 2.67. The zero-order chi connectivity index (χ0) is 10.6. The van der Waals surface area contributed by atoms with E-state index in [1.54, 1.807) is 0 Å². The van der Waals surface area contributed by atoms with Crippen LogP contribution < -0.4 is 5.73 Å². The van der Waals surface area contributed by atoms with Gasteiger partial charge in [0.1, 0.15) is 0 Å². The van der Waals surface area contributed by atoms with Gasteiger partial charge in [0.15, 0.2) is 0 Å². The summed E-state index contributed by atoms with van der Waals surface area (Å²) in [7, 11) is 0. The Kier molecular flexibility index (Phi) is 3.67. The summed E-state index contributed by atoms with van der Waals surface area (Å²) in [4.78, 5) is 0. The Labute approximate surface area is 85.4 Å². The molecule has 0 heterocycles. The van der Waals surface area contributed by atoms with Gasteiger partial charge in [0.05, 0.1) is 11.6 Å². The van der Waals surface area contributed by atoms with Crippen molar-refractivity contribution in [2.45, 2.75) is 32.7 Å². The van der Waals surface area contributed by atoms with Gasteiger partial charge in [-0.2, -0.15) is 5.26 Å². The number of hydrogen-bond donors (Lipinski definition) is 1. The molecule has 2 N–H and O–H groups in total. The van der Waals surface area contributed by atoms with Gasteiger partial charge < -0.3 is 5.73 Å². The van der Waals surface area contributed by atoms with Crippen molar-refractivity contribution in [1.29, 1.82) is 5.26 Å². The van der Waals surface area contributed by atoms with Crippen LogP contribution in [0.3, 0.4) is 0 Å². The number of nitrogens with two attached hydrogens (primary N) is 1. The largest absolute Gasteiger partial charge is 0.324 e. The van der Waals surface area contributed by atoms with Crippen LogP contribution in [0.4, 0.5) is 0 Å². The van der Waals surface area contributed by atoms with Crippen molar-refractivity contribution in [3.63, 3.8) is 0 Å². The summed E-state index contributed by atoms with van der Waals surface area (Å²) in [6.07, 6.45) is 2.03. The number of nitriles is 1. The molecule has 74 valence electrons. The third-order valence-electron chi connectivity index (χ3n) is 2.26. The Hall–Kier alpha value is -1.33. The molecule has 0 aliphatic carbocycles. The first-order valence-electron chi connectivity index (χ1n) is 4.94. The second-order valence-corrected chi connectivity index (χ2v) is 3.64. The van der Waals surface area contributed by atoms with Crippen LogP contribution in [0.15, 0.2) is 18.2 Å². The van der Waals surface area contributed by atoms with Crippen molar-refractivity contribution in [3.05, 3.63) is 34.9 Å². The summed E-state index contributed by atoms with van der Waals surface area (Å²) < 4.78 is 0. The van der Waals surface area contributed by atoms with Gasteiger partial charge in [-0.15, -0.1) is 0 Å². The van der Waals surface area contributed by atoms with Crippen LogP contribution in [0, 0.1) is 18.3 Å². The van der Waals surface area contributed by atoms with Crippen molar-refractivity contribution in [1.82, 2.24) is 0 Å². The molecular formula is C12H16N2. The lowest BCUT2D eigenvalue weighted by Gasteiger charge is -2.11. The summed E-state index contributed by atoms with van der Waals surface area (Å²) in [6, 6.07) is 8.03. The minimum Gasteiger partial charge on any atom is -0.324 e. The van der Waals surface area contributed by atoms with E-state index < -0.39 is 0 Å². The quantitative estimate of drug-likeness (QED) is 0.792. The molecular weight excluding hydrogens is 172 g/mol.